The molecule has 0 unspecified atom stereocenters. The SMILES string of the molecule is Cc1csc(NC(=O)[C@H]2CC[C@@H](n3cnc4c(N)nc(C(F)(F)F)nc43)CC2)n1. The van der Waals surface area contributed by atoms with E-state index in [4.69, 9.17) is 5.73 Å². The number of hydrogen-bond acceptors (Lipinski definition) is 7. The largest absolute Gasteiger partial charge is 0.451 e. The number of carbonyl (C=O) groups excluding carboxylic acids is 1. The van der Waals surface area contributed by atoms with Crippen LogP contribution in [0.25, 0.3) is 11.2 Å². The number of nitrogens with one attached hydrogen (secondary N) is 1. The highest BCUT2D eigenvalue weighted by Crippen LogP contribution is 2.36. The molecule has 3 heterocycles. The molecule has 3 aromatic rings. The predicted octanol–water partition coefficient (Wildman–Crippen LogP) is 3.56. The lowest BCUT2D eigenvalue weighted by Gasteiger charge is -2.28. The van der Waals surface area contributed by atoms with E-state index in [0.29, 0.717) is 30.8 Å². The Morgan fingerprint density at radius 1 is 1.24 bits per heavy atom. The van der Waals surface area contributed by atoms with E-state index >= 15 is 0 Å². The fraction of sp³-hybridized carbons (Fsp3) is 0.471. The summed E-state index contributed by atoms with van der Waals surface area (Å²) >= 11 is 1.37. The number of nitrogens with two attached hydrogens (primary N) is 1. The molecule has 1 amide bonds. The molecule has 154 valence electrons. The Balaban J connectivity index is 1.49. The molecule has 4 rings (SSSR count). The molecule has 1 fully saturated rings. The van der Waals surface area contributed by atoms with Gasteiger partial charge in [-0.1, -0.05) is 0 Å². The predicted molar refractivity (Wildman–Crippen MR) is 101 cm³/mol. The molecular weight excluding hydrogens is 407 g/mol. The molecule has 8 nitrogen and oxygen atoms in total. The lowest BCUT2D eigenvalue weighted by molar-refractivity contribution is -0.144. The third-order valence-electron chi connectivity index (χ3n) is 5.01. The molecular formula is C17H18F3N7OS. The van der Waals surface area contributed by atoms with Gasteiger partial charge in [-0.15, -0.1) is 11.3 Å². The van der Waals surface area contributed by atoms with Crippen molar-refractivity contribution in [1.29, 1.82) is 0 Å². The van der Waals surface area contributed by atoms with Gasteiger partial charge in [-0.05, 0) is 32.6 Å². The molecule has 3 N–H and O–H groups in total. The van der Waals surface area contributed by atoms with Gasteiger partial charge in [0, 0.05) is 17.3 Å². The van der Waals surface area contributed by atoms with Crippen molar-refractivity contribution in [2.45, 2.75) is 44.8 Å². The summed E-state index contributed by atoms with van der Waals surface area (Å²) in [6.07, 6.45) is -0.807. The highest BCUT2D eigenvalue weighted by Gasteiger charge is 2.36. The molecule has 0 aromatic carbocycles. The maximum atomic E-state index is 13.0. The number of rotatable bonds is 3. The van der Waals surface area contributed by atoms with Crippen molar-refractivity contribution in [3.8, 4) is 0 Å². The summed E-state index contributed by atoms with van der Waals surface area (Å²) in [5.41, 5.74) is 6.71. The van der Waals surface area contributed by atoms with E-state index in [1.54, 1.807) is 4.57 Å². The highest BCUT2D eigenvalue weighted by atomic mass is 32.1. The number of hydrogen-bond donors (Lipinski definition) is 2. The first-order valence-corrected chi connectivity index (χ1v) is 9.90. The zero-order valence-corrected chi connectivity index (χ0v) is 16.2. The Kier molecular flexibility index (Phi) is 4.89. The topological polar surface area (TPSA) is 112 Å². The Morgan fingerprint density at radius 3 is 2.59 bits per heavy atom. The van der Waals surface area contributed by atoms with Crippen LogP contribution in [0.5, 0.6) is 0 Å². The minimum atomic E-state index is -4.69. The minimum Gasteiger partial charge on any atom is -0.382 e. The molecule has 1 aliphatic rings. The number of halogens is 3. The summed E-state index contributed by atoms with van der Waals surface area (Å²) in [7, 11) is 0. The number of aryl methyl sites for hydroxylation is 1. The van der Waals surface area contributed by atoms with Crippen LogP contribution in [-0.4, -0.2) is 30.4 Å². The molecule has 3 aromatic heterocycles. The summed E-state index contributed by atoms with van der Waals surface area (Å²) in [5.74, 6) is -1.83. The smallest absolute Gasteiger partial charge is 0.382 e. The molecule has 29 heavy (non-hydrogen) atoms. The molecule has 0 bridgehead atoms. The molecule has 0 radical (unpaired) electrons. The van der Waals surface area contributed by atoms with E-state index in [2.05, 4.69) is 25.3 Å². The highest BCUT2D eigenvalue weighted by molar-refractivity contribution is 7.13. The van der Waals surface area contributed by atoms with Gasteiger partial charge in [0.1, 0.15) is 5.52 Å². The normalized spacial score (nSPS) is 20.1. The number of aromatic nitrogens is 5. The quantitative estimate of drug-likeness (QED) is 0.664. The summed E-state index contributed by atoms with van der Waals surface area (Å²) < 4.78 is 40.7. The average Bonchev–Trinajstić information content (AvgIpc) is 3.27. The zero-order chi connectivity index (χ0) is 20.8. The zero-order valence-electron chi connectivity index (χ0n) is 15.4. The Hall–Kier alpha value is -2.76. The minimum absolute atomic E-state index is 0.0657. The Morgan fingerprint density at radius 2 is 1.97 bits per heavy atom. The lowest BCUT2D eigenvalue weighted by atomic mass is 9.85. The molecule has 0 spiro atoms. The molecule has 12 heteroatoms. The summed E-state index contributed by atoms with van der Waals surface area (Å²) in [6, 6.07) is -0.110. The molecule has 0 aliphatic heterocycles. The van der Waals surface area contributed by atoms with E-state index < -0.39 is 12.0 Å². The van der Waals surface area contributed by atoms with Crippen LogP contribution in [0.15, 0.2) is 11.7 Å². The van der Waals surface area contributed by atoms with Crippen molar-refractivity contribution < 1.29 is 18.0 Å². The van der Waals surface area contributed by atoms with Gasteiger partial charge in [-0.3, -0.25) is 4.79 Å². The van der Waals surface area contributed by atoms with Gasteiger partial charge in [0.15, 0.2) is 16.6 Å². The van der Waals surface area contributed by atoms with Crippen molar-refractivity contribution in [3.63, 3.8) is 0 Å². The van der Waals surface area contributed by atoms with Crippen molar-refractivity contribution in [3.05, 3.63) is 23.2 Å². The van der Waals surface area contributed by atoms with Gasteiger partial charge in [0.25, 0.3) is 0 Å². The summed E-state index contributed by atoms with van der Waals surface area (Å²) in [5, 5.41) is 5.26. The lowest BCUT2D eigenvalue weighted by Crippen LogP contribution is -2.28. The van der Waals surface area contributed by atoms with Gasteiger partial charge in [-0.2, -0.15) is 13.2 Å². The number of anilines is 2. The number of nitrogens with zero attached hydrogens (tertiary/aromatic N) is 5. The first kappa shape index (κ1) is 19.6. The van der Waals surface area contributed by atoms with Crippen LogP contribution < -0.4 is 11.1 Å². The maximum Gasteiger partial charge on any atom is 0.451 e. The van der Waals surface area contributed by atoms with E-state index in [9.17, 15) is 18.0 Å². The third kappa shape index (κ3) is 3.88. The Labute approximate surface area is 167 Å². The number of thiazole rings is 1. The Bertz CT molecular complexity index is 1050. The van der Waals surface area contributed by atoms with Crippen LogP contribution >= 0.6 is 11.3 Å². The van der Waals surface area contributed by atoms with E-state index in [-0.39, 0.29) is 34.8 Å². The second-order valence-electron chi connectivity index (χ2n) is 7.04. The van der Waals surface area contributed by atoms with E-state index in [1.165, 1.54) is 17.7 Å². The van der Waals surface area contributed by atoms with Crippen LogP contribution in [0.2, 0.25) is 0 Å². The van der Waals surface area contributed by atoms with E-state index in [1.807, 2.05) is 12.3 Å². The first-order valence-electron chi connectivity index (χ1n) is 9.02. The number of nitrogen functional groups attached to an aromatic ring is 1. The van der Waals surface area contributed by atoms with Gasteiger partial charge >= 0.3 is 6.18 Å². The third-order valence-corrected chi connectivity index (χ3v) is 5.89. The van der Waals surface area contributed by atoms with Crippen molar-refractivity contribution >= 4 is 39.4 Å². The van der Waals surface area contributed by atoms with Crippen LogP contribution in [0.3, 0.4) is 0 Å². The van der Waals surface area contributed by atoms with Crippen LogP contribution in [-0.2, 0) is 11.0 Å². The fourth-order valence-corrected chi connectivity index (χ4v) is 4.26. The number of imidazole rings is 1. The molecule has 0 atom stereocenters. The second kappa shape index (κ2) is 7.25. The number of fused-ring (bicyclic) bond motifs is 1. The second-order valence-corrected chi connectivity index (χ2v) is 7.90. The maximum absolute atomic E-state index is 13.0. The van der Waals surface area contributed by atoms with Crippen molar-refractivity contribution in [2.75, 3.05) is 11.1 Å². The summed E-state index contributed by atoms with van der Waals surface area (Å²) in [6.45, 7) is 1.85. The number of alkyl halides is 3. The molecule has 1 saturated carbocycles. The monoisotopic (exact) mass is 425 g/mol. The van der Waals surface area contributed by atoms with Crippen molar-refractivity contribution in [2.24, 2.45) is 5.92 Å². The van der Waals surface area contributed by atoms with Crippen LogP contribution in [0.1, 0.15) is 43.2 Å². The van der Waals surface area contributed by atoms with Gasteiger partial charge in [0.05, 0.1) is 12.0 Å². The number of carbonyl (C=O) groups is 1. The fourth-order valence-electron chi connectivity index (χ4n) is 3.57. The van der Waals surface area contributed by atoms with Crippen LogP contribution in [0.4, 0.5) is 24.1 Å². The van der Waals surface area contributed by atoms with Gasteiger partial charge in [0.2, 0.25) is 11.7 Å². The first-order chi connectivity index (χ1) is 13.7. The number of amides is 1. The molecule has 1 aliphatic carbocycles. The summed E-state index contributed by atoms with van der Waals surface area (Å²) in [4.78, 5) is 27.7. The van der Waals surface area contributed by atoms with Crippen molar-refractivity contribution in [1.82, 2.24) is 24.5 Å². The average molecular weight is 425 g/mol. The molecule has 0 saturated heterocycles. The standard InChI is InChI=1S/C17H18F3N7OS/c1-8-6-29-16(23-8)26-14(28)9-2-4-10(5-3-9)27-7-22-11-12(21)24-15(17(18,19)20)25-13(11)27/h6-7,9-10H,2-5H2,1H3,(H2,21,24,25)(H,23,26,28)/t9-,10+. The van der Waals surface area contributed by atoms with Crippen LogP contribution in [0, 0.1) is 12.8 Å². The van der Waals surface area contributed by atoms with Gasteiger partial charge in [-0.25, -0.2) is 19.9 Å². The van der Waals surface area contributed by atoms with Gasteiger partial charge < -0.3 is 15.6 Å². The van der Waals surface area contributed by atoms with E-state index in [0.717, 1.165) is 5.69 Å².